The van der Waals surface area contributed by atoms with Gasteiger partial charge in [-0.3, -0.25) is 0 Å². The number of aromatic nitrogens is 1. The number of nitrogens with one attached hydrogen (secondary N) is 1. The molecule has 5 nitrogen and oxygen atoms in total. The van der Waals surface area contributed by atoms with Gasteiger partial charge in [0.15, 0.2) is 0 Å². The van der Waals surface area contributed by atoms with Crippen molar-refractivity contribution in [3.05, 3.63) is 46.3 Å². The first-order valence-electron chi connectivity index (χ1n) is 7.18. The molecule has 0 bridgehead atoms. The van der Waals surface area contributed by atoms with Gasteiger partial charge in [0.1, 0.15) is 11.8 Å². The van der Waals surface area contributed by atoms with Crippen LogP contribution in [-0.4, -0.2) is 35.1 Å². The molecule has 1 aliphatic heterocycles. The van der Waals surface area contributed by atoms with Gasteiger partial charge in [0, 0.05) is 10.9 Å². The second-order valence-corrected chi connectivity index (χ2v) is 6.27. The Morgan fingerprint density at radius 3 is 2.79 bits per heavy atom. The van der Waals surface area contributed by atoms with Crippen molar-refractivity contribution < 1.29 is 22.7 Å². The van der Waals surface area contributed by atoms with Crippen molar-refractivity contribution in [1.82, 2.24) is 15.2 Å². The van der Waals surface area contributed by atoms with E-state index in [1.165, 1.54) is 17.0 Å². The van der Waals surface area contributed by atoms with E-state index in [1.54, 1.807) is 11.3 Å². The topological polar surface area (TPSA) is 54.5 Å². The van der Waals surface area contributed by atoms with Gasteiger partial charge in [-0.1, -0.05) is 12.1 Å². The van der Waals surface area contributed by atoms with E-state index in [9.17, 15) is 18.0 Å². The van der Waals surface area contributed by atoms with E-state index in [1.807, 2.05) is 17.5 Å². The van der Waals surface area contributed by atoms with E-state index in [2.05, 4.69) is 10.3 Å². The van der Waals surface area contributed by atoms with E-state index in [4.69, 9.17) is 4.74 Å². The zero-order valence-corrected chi connectivity index (χ0v) is 13.2. The summed E-state index contributed by atoms with van der Waals surface area (Å²) in [4.78, 5) is 17.9. The molecule has 3 rings (SSSR count). The van der Waals surface area contributed by atoms with Gasteiger partial charge in [0.05, 0.1) is 19.6 Å². The number of amides is 2. The lowest BCUT2D eigenvalue weighted by molar-refractivity contribution is -0.141. The normalized spacial score (nSPS) is 15.0. The number of carbonyl (C=O) groups excluding carboxylic acids is 1. The molecule has 1 N–H and O–H groups in total. The Kier molecular flexibility index (Phi) is 4.61. The number of rotatable bonds is 4. The molecule has 3 heterocycles. The SMILES string of the molecule is O=C(NCc1cccs1)N1CC(Oc2cccc(C(F)(F)F)n2)C1. The van der Waals surface area contributed by atoms with Crippen molar-refractivity contribution in [3.8, 4) is 5.88 Å². The zero-order chi connectivity index (χ0) is 17.2. The van der Waals surface area contributed by atoms with Crippen molar-refractivity contribution in [2.45, 2.75) is 18.8 Å². The zero-order valence-electron chi connectivity index (χ0n) is 12.4. The molecule has 24 heavy (non-hydrogen) atoms. The highest BCUT2D eigenvalue weighted by molar-refractivity contribution is 7.09. The molecule has 0 saturated carbocycles. The monoisotopic (exact) mass is 357 g/mol. The van der Waals surface area contributed by atoms with Gasteiger partial charge in [-0.25, -0.2) is 9.78 Å². The number of carbonyl (C=O) groups is 1. The number of alkyl halides is 3. The predicted molar refractivity (Wildman–Crippen MR) is 81.8 cm³/mol. The van der Waals surface area contributed by atoms with Crippen molar-refractivity contribution in [2.75, 3.05) is 13.1 Å². The second-order valence-electron chi connectivity index (χ2n) is 5.24. The van der Waals surface area contributed by atoms with Crippen LogP contribution < -0.4 is 10.1 Å². The van der Waals surface area contributed by atoms with Gasteiger partial charge < -0.3 is 15.0 Å². The minimum absolute atomic E-state index is 0.0894. The van der Waals surface area contributed by atoms with Crippen LogP contribution in [0.1, 0.15) is 10.6 Å². The molecule has 0 atom stereocenters. The van der Waals surface area contributed by atoms with Crippen LogP contribution in [0.3, 0.4) is 0 Å². The lowest BCUT2D eigenvalue weighted by Gasteiger charge is -2.38. The first-order valence-corrected chi connectivity index (χ1v) is 8.06. The third-order valence-electron chi connectivity index (χ3n) is 3.43. The summed E-state index contributed by atoms with van der Waals surface area (Å²) in [6.45, 7) is 1.08. The number of hydrogen-bond acceptors (Lipinski definition) is 4. The quantitative estimate of drug-likeness (QED) is 0.915. The summed E-state index contributed by atoms with van der Waals surface area (Å²) in [7, 11) is 0. The first kappa shape index (κ1) is 16.6. The summed E-state index contributed by atoms with van der Waals surface area (Å²) < 4.78 is 43.2. The van der Waals surface area contributed by atoms with Crippen molar-refractivity contribution in [3.63, 3.8) is 0 Å². The number of thiophene rings is 1. The van der Waals surface area contributed by atoms with Crippen LogP contribution in [0.25, 0.3) is 0 Å². The van der Waals surface area contributed by atoms with Crippen LogP contribution in [0.5, 0.6) is 5.88 Å². The molecule has 1 fully saturated rings. The fourth-order valence-electron chi connectivity index (χ4n) is 2.18. The molecular formula is C15H14F3N3O2S. The van der Waals surface area contributed by atoms with E-state index < -0.39 is 11.9 Å². The van der Waals surface area contributed by atoms with Gasteiger partial charge in [-0.05, 0) is 17.5 Å². The fraction of sp³-hybridized carbons (Fsp3) is 0.333. The molecule has 0 spiro atoms. The maximum atomic E-state index is 12.6. The summed E-state index contributed by atoms with van der Waals surface area (Å²) in [6.07, 6.45) is -4.86. The van der Waals surface area contributed by atoms with E-state index in [-0.39, 0.29) is 18.0 Å². The van der Waals surface area contributed by atoms with Gasteiger partial charge in [0.25, 0.3) is 0 Å². The average Bonchev–Trinajstić information content (AvgIpc) is 3.01. The van der Waals surface area contributed by atoms with Gasteiger partial charge >= 0.3 is 12.2 Å². The number of halogens is 3. The maximum absolute atomic E-state index is 12.6. The lowest BCUT2D eigenvalue weighted by Crippen LogP contribution is -2.58. The number of hydrogen-bond donors (Lipinski definition) is 1. The molecular weight excluding hydrogens is 343 g/mol. The Morgan fingerprint density at radius 2 is 2.12 bits per heavy atom. The molecule has 2 aromatic rings. The van der Waals surface area contributed by atoms with Crippen LogP contribution in [0.15, 0.2) is 35.7 Å². The highest BCUT2D eigenvalue weighted by atomic mass is 32.1. The van der Waals surface area contributed by atoms with E-state index in [0.29, 0.717) is 19.6 Å². The minimum atomic E-state index is -4.51. The first-order chi connectivity index (χ1) is 11.4. The predicted octanol–water partition coefficient (Wildman–Crippen LogP) is 3.13. The molecule has 9 heteroatoms. The maximum Gasteiger partial charge on any atom is 0.433 e. The number of urea groups is 1. The average molecular weight is 357 g/mol. The molecule has 1 aliphatic rings. The highest BCUT2D eigenvalue weighted by Crippen LogP contribution is 2.29. The van der Waals surface area contributed by atoms with Crippen LogP contribution in [0, 0.1) is 0 Å². The molecule has 0 aromatic carbocycles. The van der Waals surface area contributed by atoms with Gasteiger partial charge in [-0.15, -0.1) is 11.3 Å². The van der Waals surface area contributed by atoms with Crippen LogP contribution in [-0.2, 0) is 12.7 Å². The summed E-state index contributed by atoms with van der Waals surface area (Å²) in [6, 6.07) is 7.11. The Labute approximate surface area is 140 Å². The highest BCUT2D eigenvalue weighted by Gasteiger charge is 2.35. The Hall–Kier alpha value is -2.29. The van der Waals surface area contributed by atoms with E-state index in [0.717, 1.165) is 10.9 Å². The smallest absolute Gasteiger partial charge is 0.433 e. The van der Waals surface area contributed by atoms with Crippen molar-refractivity contribution >= 4 is 17.4 Å². The number of ether oxygens (including phenoxy) is 1. The Morgan fingerprint density at radius 1 is 1.33 bits per heavy atom. The Bertz CT molecular complexity index is 700. The van der Waals surface area contributed by atoms with Crippen molar-refractivity contribution in [2.24, 2.45) is 0 Å². The molecule has 1 saturated heterocycles. The standard InChI is InChI=1S/C15H14F3N3O2S/c16-15(17,18)12-4-1-5-13(20-12)23-10-8-21(9-10)14(22)19-7-11-3-2-6-24-11/h1-6,10H,7-9H2,(H,19,22). The minimum Gasteiger partial charge on any atom is -0.471 e. The largest absolute Gasteiger partial charge is 0.471 e. The molecule has 2 amide bonds. The summed E-state index contributed by atoms with van der Waals surface area (Å²) in [5, 5.41) is 4.71. The van der Waals surface area contributed by atoms with Gasteiger partial charge in [-0.2, -0.15) is 13.2 Å². The van der Waals surface area contributed by atoms with Crippen LogP contribution >= 0.6 is 11.3 Å². The summed E-state index contributed by atoms with van der Waals surface area (Å²) in [5.41, 5.74) is -0.995. The summed E-state index contributed by atoms with van der Waals surface area (Å²) in [5.74, 6) is -0.0894. The fourth-order valence-corrected chi connectivity index (χ4v) is 2.82. The van der Waals surface area contributed by atoms with Crippen LogP contribution in [0.4, 0.5) is 18.0 Å². The number of pyridine rings is 1. The number of likely N-dealkylation sites (tertiary alicyclic amines) is 1. The molecule has 0 unspecified atom stereocenters. The third-order valence-corrected chi connectivity index (χ3v) is 4.31. The van der Waals surface area contributed by atoms with Gasteiger partial charge in [0.2, 0.25) is 5.88 Å². The second kappa shape index (κ2) is 6.68. The molecule has 2 aromatic heterocycles. The Balaban J connectivity index is 1.46. The summed E-state index contributed by atoms with van der Waals surface area (Å²) >= 11 is 1.55. The van der Waals surface area contributed by atoms with Crippen LogP contribution in [0.2, 0.25) is 0 Å². The third kappa shape index (κ3) is 3.97. The lowest BCUT2D eigenvalue weighted by atomic mass is 10.2. The van der Waals surface area contributed by atoms with Crippen molar-refractivity contribution in [1.29, 1.82) is 0 Å². The molecule has 0 aliphatic carbocycles. The molecule has 128 valence electrons. The molecule has 0 radical (unpaired) electrons. The van der Waals surface area contributed by atoms with E-state index >= 15 is 0 Å². The number of nitrogens with zero attached hydrogens (tertiary/aromatic N) is 2.